The SMILES string of the molecule is C[C@H]1C[C@@H]1C(=O)NCCC(=O)NCc1ccnc(OC2CCCCC2)c1. The second-order valence-corrected chi connectivity index (χ2v) is 7.52. The van der Waals surface area contributed by atoms with Crippen molar-refractivity contribution in [1.82, 2.24) is 15.6 Å². The first kappa shape index (κ1) is 18.7. The summed E-state index contributed by atoms with van der Waals surface area (Å²) in [4.78, 5) is 27.9. The Labute approximate surface area is 155 Å². The van der Waals surface area contributed by atoms with Gasteiger partial charge in [-0.2, -0.15) is 0 Å². The van der Waals surface area contributed by atoms with E-state index in [4.69, 9.17) is 4.74 Å². The van der Waals surface area contributed by atoms with Gasteiger partial charge in [0.25, 0.3) is 0 Å². The maximum Gasteiger partial charge on any atom is 0.223 e. The van der Waals surface area contributed by atoms with Gasteiger partial charge in [0.1, 0.15) is 6.10 Å². The predicted octanol–water partition coefficient (Wildman–Crippen LogP) is 2.57. The smallest absolute Gasteiger partial charge is 0.223 e. The third-order valence-electron chi connectivity index (χ3n) is 5.23. The Balaban J connectivity index is 1.36. The number of carbonyl (C=O) groups is 2. The molecule has 2 aliphatic carbocycles. The number of amides is 2. The first-order valence-corrected chi connectivity index (χ1v) is 9.78. The standard InChI is InChI=1S/C20H29N3O3/c1-14-11-17(14)20(25)22-10-8-18(24)23-13-15-7-9-21-19(12-15)26-16-5-3-2-4-6-16/h7,9,12,14,16-17H,2-6,8,10-11,13H2,1H3,(H,22,25)(H,23,24)/t14-,17-/m0/s1. The number of carbonyl (C=O) groups excluding carboxylic acids is 2. The molecule has 2 saturated carbocycles. The lowest BCUT2D eigenvalue weighted by molar-refractivity contribution is -0.123. The largest absolute Gasteiger partial charge is 0.474 e. The van der Waals surface area contributed by atoms with Crippen LogP contribution < -0.4 is 15.4 Å². The van der Waals surface area contributed by atoms with E-state index in [1.54, 1.807) is 6.20 Å². The molecule has 2 amide bonds. The van der Waals surface area contributed by atoms with Crippen molar-refractivity contribution in [2.45, 2.75) is 64.5 Å². The number of nitrogens with one attached hydrogen (secondary N) is 2. The average molecular weight is 359 g/mol. The molecular weight excluding hydrogens is 330 g/mol. The third kappa shape index (κ3) is 5.71. The van der Waals surface area contributed by atoms with Crippen molar-refractivity contribution in [3.63, 3.8) is 0 Å². The second-order valence-electron chi connectivity index (χ2n) is 7.52. The van der Waals surface area contributed by atoms with Crippen molar-refractivity contribution in [2.24, 2.45) is 11.8 Å². The summed E-state index contributed by atoms with van der Waals surface area (Å²) < 4.78 is 5.96. The number of nitrogens with zero attached hydrogens (tertiary/aromatic N) is 1. The molecule has 1 aromatic rings. The molecule has 1 aromatic heterocycles. The Morgan fingerprint density at radius 2 is 2.00 bits per heavy atom. The van der Waals surface area contributed by atoms with Gasteiger partial charge in [0.05, 0.1) is 0 Å². The summed E-state index contributed by atoms with van der Waals surface area (Å²) in [7, 11) is 0. The van der Waals surface area contributed by atoms with Crippen molar-refractivity contribution in [3.8, 4) is 5.88 Å². The molecular formula is C20H29N3O3. The van der Waals surface area contributed by atoms with Crippen LogP contribution in [0.5, 0.6) is 5.88 Å². The molecule has 142 valence electrons. The first-order chi connectivity index (χ1) is 12.6. The molecule has 2 atom stereocenters. The molecule has 3 rings (SSSR count). The zero-order valence-corrected chi connectivity index (χ0v) is 15.5. The van der Waals surface area contributed by atoms with E-state index in [0.29, 0.717) is 31.3 Å². The topological polar surface area (TPSA) is 80.3 Å². The van der Waals surface area contributed by atoms with Crippen LogP contribution in [0.3, 0.4) is 0 Å². The zero-order valence-electron chi connectivity index (χ0n) is 15.5. The van der Waals surface area contributed by atoms with Gasteiger partial charge in [-0.1, -0.05) is 13.3 Å². The molecule has 26 heavy (non-hydrogen) atoms. The molecule has 0 aromatic carbocycles. The lowest BCUT2D eigenvalue weighted by atomic mass is 9.98. The maximum atomic E-state index is 11.9. The summed E-state index contributed by atoms with van der Waals surface area (Å²) in [5.74, 6) is 1.28. The van der Waals surface area contributed by atoms with Crippen LogP contribution in [-0.4, -0.2) is 29.4 Å². The molecule has 6 nitrogen and oxygen atoms in total. The van der Waals surface area contributed by atoms with E-state index in [0.717, 1.165) is 24.8 Å². The van der Waals surface area contributed by atoms with E-state index in [2.05, 4.69) is 22.5 Å². The van der Waals surface area contributed by atoms with Gasteiger partial charge in [-0.15, -0.1) is 0 Å². The number of rotatable bonds is 8. The summed E-state index contributed by atoms with van der Waals surface area (Å²) in [5.41, 5.74) is 0.968. The van der Waals surface area contributed by atoms with Crippen molar-refractivity contribution >= 4 is 11.8 Å². The molecule has 0 saturated heterocycles. The van der Waals surface area contributed by atoms with Gasteiger partial charge < -0.3 is 15.4 Å². The monoisotopic (exact) mass is 359 g/mol. The van der Waals surface area contributed by atoms with Crippen LogP contribution in [-0.2, 0) is 16.1 Å². The van der Waals surface area contributed by atoms with Crippen LogP contribution in [0.2, 0.25) is 0 Å². The fraction of sp³-hybridized carbons (Fsp3) is 0.650. The van der Waals surface area contributed by atoms with E-state index in [9.17, 15) is 9.59 Å². The Morgan fingerprint density at radius 3 is 2.73 bits per heavy atom. The molecule has 6 heteroatoms. The molecule has 0 bridgehead atoms. The Hall–Kier alpha value is -2.11. The minimum Gasteiger partial charge on any atom is -0.474 e. The summed E-state index contributed by atoms with van der Waals surface area (Å²) in [6.07, 6.45) is 9.15. The minimum atomic E-state index is -0.0688. The lowest BCUT2D eigenvalue weighted by Crippen LogP contribution is -2.31. The summed E-state index contributed by atoms with van der Waals surface area (Å²) in [6, 6.07) is 3.77. The Bertz CT molecular complexity index is 628. The number of pyridine rings is 1. The van der Waals surface area contributed by atoms with Crippen LogP contribution >= 0.6 is 0 Å². The van der Waals surface area contributed by atoms with E-state index in [1.807, 2.05) is 12.1 Å². The maximum absolute atomic E-state index is 11.9. The van der Waals surface area contributed by atoms with E-state index < -0.39 is 0 Å². The van der Waals surface area contributed by atoms with Gasteiger partial charge in [0.2, 0.25) is 17.7 Å². The normalized spacial score (nSPS) is 22.5. The minimum absolute atomic E-state index is 0.0688. The zero-order chi connectivity index (χ0) is 18.4. The van der Waals surface area contributed by atoms with Crippen LogP contribution in [0.4, 0.5) is 0 Å². The summed E-state index contributed by atoms with van der Waals surface area (Å²) >= 11 is 0. The van der Waals surface area contributed by atoms with E-state index in [1.165, 1.54) is 19.3 Å². The molecule has 2 fully saturated rings. The second kappa shape index (κ2) is 9.01. The first-order valence-electron chi connectivity index (χ1n) is 9.78. The molecule has 0 aliphatic heterocycles. The molecule has 2 aliphatic rings. The van der Waals surface area contributed by atoms with Crippen LogP contribution in [0.15, 0.2) is 18.3 Å². The van der Waals surface area contributed by atoms with Gasteiger partial charge in [-0.25, -0.2) is 4.98 Å². The Kier molecular flexibility index (Phi) is 6.47. The highest BCUT2D eigenvalue weighted by Crippen LogP contribution is 2.37. The van der Waals surface area contributed by atoms with Crippen molar-refractivity contribution in [3.05, 3.63) is 23.9 Å². The highest BCUT2D eigenvalue weighted by Gasteiger charge is 2.38. The van der Waals surface area contributed by atoms with Gasteiger partial charge in [0.15, 0.2) is 0 Å². The van der Waals surface area contributed by atoms with Crippen LogP contribution in [0, 0.1) is 11.8 Å². The lowest BCUT2D eigenvalue weighted by Gasteiger charge is -2.22. The fourth-order valence-corrected chi connectivity index (χ4v) is 3.39. The van der Waals surface area contributed by atoms with Crippen molar-refractivity contribution in [1.29, 1.82) is 0 Å². The highest BCUT2D eigenvalue weighted by atomic mass is 16.5. The van der Waals surface area contributed by atoms with Crippen molar-refractivity contribution < 1.29 is 14.3 Å². The average Bonchev–Trinajstić information content (AvgIpc) is 3.38. The number of hydrogen-bond acceptors (Lipinski definition) is 4. The molecule has 2 N–H and O–H groups in total. The Morgan fingerprint density at radius 1 is 1.23 bits per heavy atom. The number of hydrogen-bond donors (Lipinski definition) is 2. The summed E-state index contributed by atoms with van der Waals surface area (Å²) in [5, 5.41) is 5.71. The number of ether oxygens (including phenoxy) is 1. The quantitative estimate of drug-likeness (QED) is 0.748. The number of aromatic nitrogens is 1. The molecule has 0 unspecified atom stereocenters. The van der Waals surface area contributed by atoms with Gasteiger partial charge in [-0.05, 0) is 49.7 Å². The predicted molar refractivity (Wildman–Crippen MR) is 98.5 cm³/mol. The summed E-state index contributed by atoms with van der Waals surface area (Å²) in [6.45, 7) is 2.90. The van der Waals surface area contributed by atoms with Gasteiger partial charge >= 0.3 is 0 Å². The fourth-order valence-electron chi connectivity index (χ4n) is 3.39. The van der Waals surface area contributed by atoms with Gasteiger partial charge in [0, 0.05) is 37.7 Å². The van der Waals surface area contributed by atoms with E-state index >= 15 is 0 Å². The molecule has 0 radical (unpaired) electrons. The van der Waals surface area contributed by atoms with Crippen LogP contribution in [0.25, 0.3) is 0 Å². The van der Waals surface area contributed by atoms with Gasteiger partial charge in [-0.3, -0.25) is 9.59 Å². The van der Waals surface area contributed by atoms with E-state index in [-0.39, 0.29) is 23.8 Å². The van der Waals surface area contributed by atoms with Crippen LogP contribution in [0.1, 0.15) is 57.4 Å². The third-order valence-corrected chi connectivity index (χ3v) is 5.23. The van der Waals surface area contributed by atoms with Crippen molar-refractivity contribution in [2.75, 3.05) is 6.54 Å². The highest BCUT2D eigenvalue weighted by molar-refractivity contribution is 5.82. The molecule has 1 heterocycles. The molecule has 0 spiro atoms.